The van der Waals surface area contributed by atoms with Crippen molar-refractivity contribution in [1.29, 1.82) is 0 Å². The fraction of sp³-hybridized carbons (Fsp3) is 0.647. The third kappa shape index (κ3) is 3.75. The van der Waals surface area contributed by atoms with Gasteiger partial charge in [0.15, 0.2) is 5.65 Å². The van der Waals surface area contributed by atoms with Gasteiger partial charge in [-0.25, -0.2) is 0 Å². The molecule has 0 radical (unpaired) electrons. The van der Waals surface area contributed by atoms with Crippen LogP contribution < -0.4 is 4.90 Å². The van der Waals surface area contributed by atoms with Crippen molar-refractivity contribution >= 4 is 17.4 Å². The Balaban J connectivity index is 1.49. The van der Waals surface area contributed by atoms with E-state index in [2.05, 4.69) is 15.3 Å². The Morgan fingerprint density at radius 2 is 1.86 bits per heavy atom. The minimum Gasteiger partial charge on any atom is -0.381 e. The van der Waals surface area contributed by atoms with E-state index in [0.717, 1.165) is 23.8 Å². The van der Waals surface area contributed by atoms with Gasteiger partial charge in [-0.15, -0.1) is 15.3 Å². The Morgan fingerprint density at radius 3 is 2.61 bits per heavy atom. The molecule has 2 aliphatic rings. The maximum absolute atomic E-state index is 13.1. The molecule has 0 aliphatic carbocycles. The Labute approximate surface area is 159 Å². The lowest BCUT2D eigenvalue weighted by atomic mass is 9.98. The number of amides is 1. The van der Waals surface area contributed by atoms with Crippen LogP contribution in [0.2, 0.25) is 0 Å². The monoisotopic (exact) mass is 398 g/mol. The largest absolute Gasteiger partial charge is 0.453 e. The molecule has 0 bridgehead atoms. The van der Waals surface area contributed by atoms with Gasteiger partial charge in [0, 0.05) is 45.3 Å². The fourth-order valence-electron chi connectivity index (χ4n) is 3.69. The standard InChI is InChI=1S/C17H21F3N6O2/c18-17(19,20)16-22-21-13-2-3-14(23-26(13)16)24-6-1-7-25(9-8-24)15(27)12-4-10-28-11-5-12/h2-3,12H,1,4-11H2. The zero-order chi connectivity index (χ0) is 19.7. The Hall–Kier alpha value is -2.43. The van der Waals surface area contributed by atoms with Crippen LogP contribution >= 0.6 is 0 Å². The molecule has 1 amide bonds. The summed E-state index contributed by atoms with van der Waals surface area (Å²) in [7, 11) is 0. The average molecular weight is 398 g/mol. The van der Waals surface area contributed by atoms with Crippen LogP contribution in [0.1, 0.15) is 25.1 Å². The molecule has 0 unspecified atom stereocenters. The van der Waals surface area contributed by atoms with E-state index >= 15 is 0 Å². The summed E-state index contributed by atoms with van der Waals surface area (Å²) in [4.78, 5) is 16.5. The summed E-state index contributed by atoms with van der Waals surface area (Å²) in [6.45, 7) is 3.50. The zero-order valence-corrected chi connectivity index (χ0v) is 15.2. The Bertz CT molecular complexity index is 849. The molecule has 2 aromatic rings. The number of aromatic nitrogens is 4. The lowest BCUT2D eigenvalue weighted by molar-refractivity contribution is -0.146. The van der Waals surface area contributed by atoms with Gasteiger partial charge < -0.3 is 14.5 Å². The molecule has 0 saturated carbocycles. The fourth-order valence-corrected chi connectivity index (χ4v) is 3.69. The first-order valence-electron chi connectivity index (χ1n) is 9.34. The second-order valence-corrected chi connectivity index (χ2v) is 7.04. The number of ether oxygens (including phenoxy) is 1. The lowest BCUT2D eigenvalue weighted by Gasteiger charge is -2.28. The van der Waals surface area contributed by atoms with Gasteiger partial charge in [-0.1, -0.05) is 0 Å². The summed E-state index contributed by atoms with van der Waals surface area (Å²) in [5.41, 5.74) is 0.0437. The topological polar surface area (TPSA) is 75.9 Å². The van der Waals surface area contributed by atoms with Crippen molar-refractivity contribution in [1.82, 2.24) is 24.7 Å². The second kappa shape index (κ2) is 7.53. The molecular formula is C17H21F3N6O2. The number of anilines is 1. The summed E-state index contributed by atoms with van der Waals surface area (Å²) in [5.74, 6) is -0.582. The third-order valence-electron chi connectivity index (χ3n) is 5.20. The molecule has 8 nitrogen and oxygen atoms in total. The van der Waals surface area contributed by atoms with Crippen molar-refractivity contribution in [2.75, 3.05) is 44.3 Å². The van der Waals surface area contributed by atoms with E-state index < -0.39 is 12.0 Å². The van der Waals surface area contributed by atoms with Gasteiger partial charge in [0.05, 0.1) is 0 Å². The molecule has 2 saturated heterocycles. The number of carbonyl (C=O) groups excluding carboxylic acids is 1. The van der Waals surface area contributed by atoms with Crippen LogP contribution in [0.25, 0.3) is 5.65 Å². The molecule has 11 heteroatoms. The molecule has 152 valence electrons. The number of alkyl halides is 3. The van der Waals surface area contributed by atoms with Gasteiger partial charge in [-0.2, -0.15) is 17.7 Å². The second-order valence-electron chi connectivity index (χ2n) is 7.04. The highest BCUT2D eigenvalue weighted by Crippen LogP contribution is 2.28. The Kier molecular flexibility index (Phi) is 5.09. The van der Waals surface area contributed by atoms with Gasteiger partial charge in [0.25, 0.3) is 5.82 Å². The molecule has 0 atom stereocenters. The van der Waals surface area contributed by atoms with Crippen molar-refractivity contribution in [2.45, 2.75) is 25.4 Å². The number of fused-ring (bicyclic) bond motifs is 1. The number of hydrogen-bond donors (Lipinski definition) is 0. The summed E-state index contributed by atoms with van der Waals surface area (Å²) >= 11 is 0. The average Bonchev–Trinajstić information content (AvgIpc) is 2.97. The SMILES string of the molecule is O=C(C1CCOCC1)N1CCCN(c2ccc3nnc(C(F)(F)F)n3n2)CC1. The summed E-state index contributed by atoms with van der Waals surface area (Å²) < 4.78 is 45.3. The van der Waals surface area contributed by atoms with Gasteiger partial charge in [-0.05, 0) is 31.4 Å². The molecule has 4 rings (SSSR count). The Morgan fingerprint density at radius 1 is 1.07 bits per heavy atom. The molecule has 4 heterocycles. The maximum Gasteiger partial charge on any atom is 0.453 e. The van der Waals surface area contributed by atoms with Crippen LogP contribution in [0.3, 0.4) is 0 Å². The minimum absolute atomic E-state index is 0.00106. The van der Waals surface area contributed by atoms with E-state index in [1.807, 2.05) is 9.80 Å². The van der Waals surface area contributed by atoms with Crippen LogP contribution in [0, 0.1) is 5.92 Å². The van der Waals surface area contributed by atoms with Gasteiger partial charge >= 0.3 is 6.18 Å². The smallest absolute Gasteiger partial charge is 0.381 e. The van der Waals surface area contributed by atoms with Crippen LogP contribution in [-0.2, 0) is 15.7 Å². The first-order chi connectivity index (χ1) is 13.4. The number of nitrogens with zero attached hydrogens (tertiary/aromatic N) is 6. The quantitative estimate of drug-likeness (QED) is 0.765. The molecule has 2 fully saturated rings. The number of carbonyl (C=O) groups is 1. The highest BCUT2D eigenvalue weighted by atomic mass is 19.4. The molecule has 28 heavy (non-hydrogen) atoms. The van der Waals surface area contributed by atoms with E-state index in [4.69, 9.17) is 4.74 Å². The van der Waals surface area contributed by atoms with Gasteiger partial charge in [0.2, 0.25) is 5.91 Å². The number of halogens is 3. The number of hydrogen-bond acceptors (Lipinski definition) is 6. The summed E-state index contributed by atoms with van der Waals surface area (Å²) in [5, 5.41) is 10.8. The maximum atomic E-state index is 13.1. The van der Waals surface area contributed by atoms with Gasteiger partial charge in [0.1, 0.15) is 5.82 Å². The van der Waals surface area contributed by atoms with Crippen molar-refractivity contribution < 1.29 is 22.7 Å². The predicted molar refractivity (Wildman–Crippen MR) is 92.7 cm³/mol. The predicted octanol–water partition coefficient (Wildman–Crippen LogP) is 1.61. The van der Waals surface area contributed by atoms with Crippen molar-refractivity contribution in [3.63, 3.8) is 0 Å². The first kappa shape index (κ1) is 18.9. The van der Waals surface area contributed by atoms with Crippen LogP contribution in [0.15, 0.2) is 12.1 Å². The molecular weight excluding hydrogens is 377 g/mol. The molecule has 2 aromatic heterocycles. The van der Waals surface area contributed by atoms with E-state index in [1.165, 1.54) is 6.07 Å². The molecule has 0 N–H and O–H groups in total. The lowest BCUT2D eigenvalue weighted by Crippen LogP contribution is -2.40. The number of rotatable bonds is 2. The van der Waals surface area contributed by atoms with E-state index in [-0.39, 0.29) is 17.5 Å². The van der Waals surface area contributed by atoms with E-state index in [0.29, 0.717) is 45.2 Å². The van der Waals surface area contributed by atoms with Crippen molar-refractivity contribution in [3.8, 4) is 0 Å². The highest BCUT2D eigenvalue weighted by Gasteiger charge is 2.38. The van der Waals surface area contributed by atoms with E-state index in [1.54, 1.807) is 6.07 Å². The molecule has 2 aliphatic heterocycles. The third-order valence-corrected chi connectivity index (χ3v) is 5.20. The van der Waals surface area contributed by atoms with Crippen LogP contribution in [0.5, 0.6) is 0 Å². The van der Waals surface area contributed by atoms with Crippen molar-refractivity contribution in [2.24, 2.45) is 5.92 Å². The minimum atomic E-state index is -4.63. The van der Waals surface area contributed by atoms with Crippen LogP contribution in [-0.4, -0.2) is 70.0 Å². The summed E-state index contributed by atoms with van der Waals surface area (Å²) in [6.07, 6.45) is -2.42. The van der Waals surface area contributed by atoms with Crippen LogP contribution in [0.4, 0.5) is 19.0 Å². The summed E-state index contributed by atoms with van der Waals surface area (Å²) in [6, 6.07) is 3.11. The molecule has 0 aromatic carbocycles. The first-order valence-corrected chi connectivity index (χ1v) is 9.34. The zero-order valence-electron chi connectivity index (χ0n) is 15.2. The van der Waals surface area contributed by atoms with Crippen molar-refractivity contribution in [3.05, 3.63) is 18.0 Å². The van der Waals surface area contributed by atoms with Gasteiger partial charge in [-0.3, -0.25) is 4.79 Å². The molecule has 0 spiro atoms. The van der Waals surface area contributed by atoms with E-state index in [9.17, 15) is 18.0 Å². The highest BCUT2D eigenvalue weighted by molar-refractivity contribution is 5.79. The normalized spacial score (nSPS) is 19.8.